The van der Waals surface area contributed by atoms with Gasteiger partial charge in [-0.3, -0.25) is 14.5 Å². The first-order chi connectivity index (χ1) is 13.9. The van der Waals surface area contributed by atoms with Gasteiger partial charge in [0.2, 0.25) is 5.91 Å². The van der Waals surface area contributed by atoms with Gasteiger partial charge in [-0.1, -0.05) is 35.9 Å². The molecule has 0 bridgehead atoms. The van der Waals surface area contributed by atoms with Crippen LogP contribution < -0.4 is 10.6 Å². The minimum Gasteiger partial charge on any atom is -0.319 e. The summed E-state index contributed by atoms with van der Waals surface area (Å²) >= 11 is 2.85. The van der Waals surface area contributed by atoms with Gasteiger partial charge in [0.25, 0.3) is 5.91 Å². The number of aromatic nitrogens is 1. The maximum atomic E-state index is 12.9. The Bertz CT molecular complexity index is 1080. The van der Waals surface area contributed by atoms with Gasteiger partial charge < -0.3 is 10.6 Å². The Morgan fingerprint density at radius 2 is 1.97 bits per heavy atom. The Balaban J connectivity index is 1.45. The molecule has 3 heterocycles. The SMILES string of the molecule is Cc1ccc(C2(C)NC(=O)N(CC(=O)Nc3nc(-c4cccs4)cs3)C2=O)cc1. The molecule has 1 saturated heterocycles. The molecule has 2 aromatic heterocycles. The molecule has 29 heavy (non-hydrogen) atoms. The maximum absolute atomic E-state index is 12.9. The number of nitrogens with one attached hydrogen (secondary N) is 2. The molecule has 1 unspecified atom stereocenters. The molecule has 1 aromatic carbocycles. The first-order valence-corrected chi connectivity index (χ1v) is 10.6. The Labute approximate surface area is 175 Å². The number of aryl methyl sites for hydroxylation is 1. The highest BCUT2D eigenvalue weighted by atomic mass is 32.1. The summed E-state index contributed by atoms with van der Waals surface area (Å²) in [5.74, 6) is -0.936. The fourth-order valence-corrected chi connectivity index (χ4v) is 4.58. The van der Waals surface area contributed by atoms with Crippen molar-refractivity contribution in [3.63, 3.8) is 0 Å². The number of hydrogen-bond acceptors (Lipinski definition) is 6. The lowest BCUT2D eigenvalue weighted by Crippen LogP contribution is -2.42. The number of thiophene rings is 1. The van der Waals surface area contributed by atoms with E-state index in [9.17, 15) is 14.4 Å². The van der Waals surface area contributed by atoms with Crippen LogP contribution >= 0.6 is 22.7 Å². The number of carbonyl (C=O) groups excluding carboxylic acids is 3. The molecule has 1 aliphatic rings. The number of amides is 4. The fraction of sp³-hybridized carbons (Fsp3) is 0.200. The van der Waals surface area contributed by atoms with Crippen molar-refractivity contribution in [2.45, 2.75) is 19.4 Å². The minimum atomic E-state index is -1.20. The van der Waals surface area contributed by atoms with Crippen LogP contribution in [0.2, 0.25) is 0 Å². The van der Waals surface area contributed by atoms with Crippen molar-refractivity contribution >= 4 is 45.7 Å². The van der Waals surface area contributed by atoms with E-state index in [1.54, 1.807) is 30.4 Å². The maximum Gasteiger partial charge on any atom is 0.325 e. The molecular formula is C20H18N4O3S2. The number of carbonyl (C=O) groups is 3. The van der Waals surface area contributed by atoms with Crippen molar-refractivity contribution in [1.82, 2.24) is 15.2 Å². The molecule has 0 radical (unpaired) electrons. The highest BCUT2D eigenvalue weighted by molar-refractivity contribution is 7.16. The van der Waals surface area contributed by atoms with Crippen LogP contribution in [0.3, 0.4) is 0 Å². The van der Waals surface area contributed by atoms with Crippen LogP contribution in [0.25, 0.3) is 10.6 Å². The third-order valence-corrected chi connectivity index (χ3v) is 6.38. The van der Waals surface area contributed by atoms with Crippen LogP contribution in [0, 0.1) is 6.92 Å². The number of thiazole rings is 1. The van der Waals surface area contributed by atoms with Crippen LogP contribution in [0.15, 0.2) is 47.2 Å². The van der Waals surface area contributed by atoms with Gasteiger partial charge in [0.1, 0.15) is 12.1 Å². The second-order valence-electron chi connectivity index (χ2n) is 6.88. The molecule has 148 valence electrons. The van der Waals surface area contributed by atoms with Crippen LogP contribution in [-0.2, 0) is 15.1 Å². The van der Waals surface area contributed by atoms with E-state index in [1.807, 2.05) is 41.9 Å². The van der Waals surface area contributed by atoms with E-state index in [1.165, 1.54) is 11.3 Å². The first kappa shape index (κ1) is 19.3. The van der Waals surface area contributed by atoms with E-state index in [2.05, 4.69) is 15.6 Å². The van der Waals surface area contributed by atoms with E-state index in [4.69, 9.17) is 0 Å². The highest BCUT2D eigenvalue weighted by Crippen LogP contribution is 2.30. The Kier molecular flexibility index (Phi) is 4.93. The molecule has 3 aromatic rings. The molecule has 4 rings (SSSR count). The van der Waals surface area contributed by atoms with Crippen molar-refractivity contribution in [3.8, 4) is 10.6 Å². The van der Waals surface area contributed by atoms with E-state index in [0.29, 0.717) is 10.7 Å². The average Bonchev–Trinajstić information content (AvgIpc) is 3.40. The number of urea groups is 1. The second-order valence-corrected chi connectivity index (χ2v) is 8.68. The fourth-order valence-electron chi connectivity index (χ4n) is 3.09. The van der Waals surface area contributed by atoms with E-state index >= 15 is 0 Å². The molecule has 9 heteroatoms. The number of rotatable bonds is 5. The van der Waals surface area contributed by atoms with Gasteiger partial charge in [-0.2, -0.15) is 0 Å². The zero-order valence-electron chi connectivity index (χ0n) is 15.8. The lowest BCUT2D eigenvalue weighted by atomic mass is 9.91. The van der Waals surface area contributed by atoms with Crippen molar-refractivity contribution in [3.05, 3.63) is 58.3 Å². The predicted molar refractivity (Wildman–Crippen MR) is 113 cm³/mol. The quantitative estimate of drug-likeness (QED) is 0.610. The van der Waals surface area contributed by atoms with E-state index in [0.717, 1.165) is 21.0 Å². The Morgan fingerprint density at radius 3 is 2.66 bits per heavy atom. The van der Waals surface area contributed by atoms with Gasteiger partial charge in [-0.25, -0.2) is 9.78 Å². The van der Waals surface area contributed by atoms with E-state index < -0.39 is 23.4 Å². The lowest BCUT2D eigenvalue weighted by Gasteiger charge is -2.22. The second kappa shape index (κ2) is 7.41. The predicted octanol–water partition coefficient (Wildman–Crippen LogP) is 3.59. The Morgan fingerprint density at radius 1 is 1.21 bits per heavy atom. The zero-order valence-corrected chi connectivity index (χ0v) is 17.4. The summed E-state index contributed by atoms with van der Waals surface area (Å²) in [6, 6.07) is 10.7. The number of benzene rings is 1. The van der Waals surface area contributed by atoms with Crippen molar-refractivity contribution in [2.24, 2.45) is 0 Å². The summed E-state index contributed by atoms with van der Waals surface area (Å²) in [7, 11) is 0. The molecule has 1 aliphatic heterocycles. The van der Waals surface area contributed by atoms with Gasteiger partial charge in [0, 0.05) is 5.38 Å². The summed E-state index contributed by atoms with van der Waals surface area (Å²) in [6.45, 7) is 3.21. The Hall–Kier alpha value is -3.04. The standard InChI is InChI=1S/C20H18N4O3S2/c1-12-5-7-13(8-6-12)20(2)17(26)24(19(27)23-20)10-16(25)22-18-21-14(11-29-18)15-4-3-9-28-15/h3-9,11H,10H2,1-2H3,(H,23,27)(H,21,22,25). The van der Waals surface area contributed by atoms with Crippen LogP contribution in [-0.4, -0.2) is 34.3 Å². The number of hydrogen-bond donors (Lipinski definition) is 2. The van der Waals surface area contributed by atoms with E-state index in [-0.39, 0.29) is 6.54 Å². The van der Waals surface area contributed by atoms with Gasteiger partial charge in [0.05, 0.1) is 10.6 Å². The molecule has 0 spiro atoms. The van der Waals surface area contributed by atoms with Gasteiger partial charge >= 0.3 is 6.03 Å². The molecule has 7 nitrogen and oxygen atoms in total. The van der Waals surface area contributed by atoms with Crippen LogP contribution in [0.4, 0.5) is 9.93 Å². The normalized spacial score (nSPS) is 18.8. The minimum absolute atomic E-state index is 0.375. The molecule has 2 N–H and O–H groups in total. The third kappa shape index (κ3) is 3.66. The average molecular weight is 427 g/mol. The smallest absolute Gasteiger partial charge is 0.319 e. The molecular weight excluding hydrogens is 408 g/mol. The molecule has 0 saturated carbocycles. The summed E-state index contributed by atoms with van der Waals surface area (Å²) < 4.78 is 0. The van der Waals surface area contributed by atoms with Crippen molar-refractivity contribution < 1.29 is 14.4 Å². The molecule has 0 aliphatic carbocycles. The molecule has 1 atom stereocenters. The monoisotopic (exact) mass is 426 g/mol. The van der Waals surface area contributed by atoms with Gasteiger partial charge in [-0.15, -0.1) is 22.7 Å². The van der Waals surface area contributed by atoms with Crippen LogP contribution in [0.5, 0.6) is 0 Å². The topological polar surface area (TPSA) is 91.4 Å². The molecule has 1 fully saturated rings. The number of imide groups is 1. The molecule has 4 amide bonds. The van der Waals surface area contributed by atoms with Crippen molar-refractivity contribution in [2.75, 3.05) is 11.9 Å². The van der Waals surface area contributed by atoms with Gasteiger partial charge in [-0.05, 0) is 30.9 Å². The largest absolute Gasteiger partial charge is 0.325 e. The number of anilines is 1. The number of nitrogens with zero attached hydrogens (tertiary/aromatic N) is 2. The summed E-state index contributed by atoms with van der Waals surface area (Å²) in [4.78, 5) is 44.1. The summed E-state index contributed by atoms with van der Waals surface area (Å²) in [5.41, 5.74) is 1.31. The lowest BCUT2D eigenvalue weighted by molar-refractivity contribution is -0.133. The van der Waals surface area contributed by atoms with Crippen LogP contribution in [0.1, 0.15) is 18.1 Å². The summed E-state index contributed by atoms with van der Waals surface area (Å²) in [6.07, 6.45) is 0. The first-order valence-electron chi connectivity index (χ1n) is 8.87. The highest BCUT2D eigenvalue weighted by Gasteiger charge is 2.49. The van der Waals surface area contributed by atoms with Gasteiger partial charge in [0.15, 0.2) is 5.13 Å². The summed E-state index contributed by atoms with van der Waals surface area (Å²) in [5, 5.41) is 9.60. The zero-order chi connectivity index (χ0) is 20.6. The third-order valence-electron chi connectivity index (χ3n) is 4.73. The van der Waals surface area contributed by atoms with Crippen molar-refractivity contribution in [1.29, 1.82) is 0 Å².